The normalized spacial score (nSPS) is 25.0. The summed E-state index contributed by atoms with van der Waals surface area (Å²) in [6.07, 6.45) is 1.46. The van der Waals surface area contributed by atoms with Crippen LogP contribution in [0.15, 0.2) is 24.3 Å². The molecule has 166 valence electrons. The van der Waals surface area contributed by atoms with E-state index in [-0.39, 0.29) is 36.3 Å². The van der Waals surface area contributed by atoms with Crippen LogP contribution in [0.5, 0.6) is 5.75 Å². The first kappa shape index (κ1) is 21.3. The molecule has 0 bridgehead atoms. The SMILES string of the molecule is CC(=O)N1CCN(C(=O)[C@@H](C)N2CC[C@@]3(CCC2=O)CC(=O)c2ccccc2O3)CC1. The highest BCUT2D eigenvalue weighted by Gasteiger charge is 2.44. The lowest BCUT2D eigenvalue weighted by Gasteiger charge is -2.38. The van der Waals surface area contributed by atoms with Crippen LogP contribution in [0.3, 0.4) is 0 Å². The van der Waals surface area contributed by atoms with Gasteiger partial charge in [-0.3, -0.25) is 19.2 Å². The van der Waals surface area contributed by atoms with Crippen LogP contribution < -0.4 is 4.74 Å². The van der Waals surface area contributed by atoms with E-state index in [4.69, 9.17) is 4.74 Å². The highest BCUT2D eigenvalue weighted by molar-refractivity contribution is 6.00. The Labute approximate surface area is 182 Å². The van der Waals surface area contributed by atoms with Crippen LogP contribution in [-0.2, 0) is 14.4 Å². The van der Waals surface area contributed by atoms with Gasteiger partial charge in [-0.1, -0.05) is 12.1 Å². The second kappa shape index (κ2) is 8.32. The second-order valence-electron chi connectivity index (χ2n) is 8.73. The lowest BCUT2D eigenvalue weighted by molar-refractivity contribution is -0.147. The summed E-state index contributed by atoms with van der Waals surface area (Å²) in [6, 6.07) is 6.64. The molecule has 0 N–H and O–H groups in total. The van der Waals surface area contributed by atoms with Crippen molar-refractivity contribution in [2.24, 2.45) is 0 Å². The minimum absolute atomic E-state index is 0.0109. The van der Waals surface area contributed by atoms with Gasteiger partial charge in [0.15, 0.2) is 5.78 Å². The molecule has 3 aliphatic rings. The summed E-state index contributed by atoms with van der Waals surface area (Å²) in [5, 5.41) is 0. The number of ether oxygens (including phenoxy) is 1. The maximum absolute atomic E-state index is 13.1. The van der Waals surface area contributed by atoms with Crippen molar-refractivity contribution in [1.29, 1.82) is 0 Å². The summed E-state index contributed by atoms with van der Waals surface area (Å²) in [5.41, 5.74) is -0.111. The number of carbonyl (C=O) groups excluding carboxylic acids is 4. The van der Waals surface area contributed by atoms with Crippen molar-refractivity contribution in [2.45, 2.75) is 51.2 Å². The second-order valence-corrected chi connectivity index (χ2v) is 8.73. The van der Waals surface area contributed by atoms with Gasteiger partial charge >= 0.3 is 0 Å². The molecule has 1 aromatic carbocycles. The number of ketones is 1. The fourth-order valence-electron chi connectivity index (χ4n) is 4.82. The number of carbonyl (C=O) groups is 4. The molecule has 2 saturated heterocycles. The molecule has 8 nitrogen and oxygen atoms in total. The van der Waals surface area contributed by atoms with Crippen LogP contribution >= 0.6 is 0 Å². The van der Waals surface area contributed by atoms with Crippen LogP contribution in [0, 0.1) is 0 Å². The fourth-order valence-corrected chi connectivity index (χ4v) is 4.82. The summed E-state index contributed by atoms with van der Waals surface area (Å²) in [7, 11) is 0. The third-order valence-corrected chi connectivity index (χ3v) is 6.78. The number of hydrogen-bond acceptors (Lipinski definition) is 5. The molecule has 0 saturated carbocycles. The lowest BCUT2D eigenvalue weighted by atomic mass is 9.84. The van der Waals surface area contributed by atoms with Crippen LogP contribution in [0.2, 0.25) is 0 Å². The van der Waals surface area contributed by atoms with Gasteiger partial charge in [0.25, 0.3) is 0 Å². The molecule has 31 heavy (non-hydrogen) atoms. The summed E-state index contributed by atoms with van der Waals surface area (Å²) in [4.78, 5) is 55.3. The Morgan fingerprint density at radius 3 is 2.39 bits per heavy atom. The van der Waals surface area contributed by atoms with Gasteiger partial charge in [-0.2, -0.15) is 0 Å². The molecule has 0 unspecified atom stereocenters. The van der Waals surface area contributed by atoms with Crippen molar-refractivity contribution in [3.05, 3.63) is 29.8 Å². The molecule has 8 heteroatoms. The van der Waals surface area contributed by atoms with Crippen molar-refractivity contribution < 1.29 is 23.9 Å². The highest BCUT2D eigenvalue weighted by Crippen LogP contribution is 2.39. The number of hydrogen-bond donors (Lipinski definition) is 0. The third-order valence-electron chi connectivity index (χ3n) is 6.78. The van der Waals surface area contributed by atoms with E-state index in [1.165, 1.54) is 6.92 Å². The van der Waals surface area contributed by atoms with Gasteiger partial charge in [-0.05, 0) is 25.5 Å². The van der Waals surface area contributed by atoms with E-state index in [0.29, 0.717) is 56.9 Å². The number of likely N-dealkylation sites (tertiary alicyclic amines) is 1. The van der Waals surface area contributed by atoms with Gasteiger partial charge < -0.3 is 19.4 Å². The van der Waals surface area contributed by atoms with E-state index in [2.05, 4.69) is 0 Å². The molecule has 0 aliphatic carbocycles. The van der Waals surface area contributed by atoms with Gasteiger partial charge in [0, 0.05) is 52.5 Å². The van der Waals surface area contributed by atoms with E-state index < -0.39 is 11.6 Å². The Morgan fingerprint density at radius 2 is 1.68 bits per heavy atom. The zero-order chi connectivity index (χ0) is 22.2. The van der Waals surface area contributed by atoms with Gasteiger partial charge in [0.2, 0.25) is 17.7 Å². The van der Waals surface area contributed by atoms with E-state index in [1.807, 2.05) is 12.1 Å². The van der Waals surface area contributed by atoms with Gasteiger partial charge in [0.05, 0.1) is 12.0 Å². The van der Waals surface area contributed by atoms with Gasteiger partial charge in [-0.15, -0.1) is 0 Å². The molecular weight excluding hydrogens is 398 g/mol. The molecule has 2 atom stereocenters. The molecule has 1 spiro atoms. The molecule has 2 fully saturated rings. The Morgan fingerprint density at radius 1 is 1.00 bits per heavy atom. The molecule has 1 aromatic rings. The Hall–Kier alpha value is -2.90. The number of para-hydroxylation sites is 1. The van der Waals surface area contributed by atoms with Crippen molar-refractivity contribution in [1.82, 2.24) is 14.7 Å². The van der Waals surface area contributed by atoms with Crippen molar-refractivity contribution in [2.75, 3.05) is 32.7 Å². The zero-order valence-electron chi connectivity index (χ0n) is 18.1. The minimum atomic E-state index is -0.703. The zero-order valence-corrected chi connectivity index (χ0v) is 18.1. The third kappa shape index (κ3) is 4.16. The first-order chi connectivity index (χ1) is 14.8. The molecule has 0 aromatic heterocycles. The summed E-state index contributed by atoms with van der Waals surface area (Å²) in [5.74, 6) is 0.438. The number of amides is 3. The van der Waals surface area contributed by atoms with Gasteiger partial charge in [-0.25, -0.2) is 0 Å². The number of Topliss-reactive ketones (excluding diaryl/α,β-unsaturated/α-hetero) is 1. The summed E-state index contributed by atoms with van der Waals surface area (Å²) in [6.45, 7) is 5.64. The maximum atomic E-state index is 13.1. The largest absolute Gasteiger partial charge is 0.486 e. The minimum Gasteiger partial charge on any atom is -0.486 e. The topological polar surface area (TPSA) is 87.2 Å². The smallest absolute Gasteiger partial charge is 0.245 e. The predicted molar refractivity (Wildman–Crippen MR) is 113 cm³/mol. The number of fused-ring (bicyclic) bond motifs is 1. The number of benzene rings is 1. The molecule has 3 amide bonds. The highest BCUT2D eigenvalue weighted by atomic mass is 16.5. The number of nitrogens with zero attached hydrogens (tertiary/aromatic N) is 3. The van der Waals surface area contributed by atoms with Crippen LogP contribution in [0.4, 0.5) is 0 Å². The van der Waals surface area contributed by atoms with Gasteiger partial charge in [0.1, 0.15) is 17.4 Å². The quantitative estimate of drug-likeness (QED) is 0.714. The lowest BCUT2D eigenvalue weighted by Crippen LogP contribution is -2.55. The molecular formula is C23H29N3O5. The standard InChI is InChI=1S/C23H29N3O5/c1-16(22(30)25-13-11-24(12-14-25)17(2)27)26-10-9-23(8-7-21(26)29)15-19(28)18-5-3-4-6-20(18)31-23/h3-6,16H,7-15H2,1-2H3/t16-,23+/m1/s1. The first-order valence-corrected chi connectivity index (χ1v) is 10.9. The molecule has 3 heterocycles. The van der Waals surface area contributed by atoms with Crippen LogP contribution in [0.1, 0.15) is 49.9 Å². The Balaban J connectivity index is 1.43. The molecule has 4 rings (SSSR count). The predicted octanol–water partition coefficient (Wildman–Crippen LogP) is 1.48. The van der Waals surface area contributed by atoms with Crippen LogP contribution in [-0.4, -0.2) is 82.6 Å². The maximum Gasteiger partial charge on any atom is 0.245 e. The average Bonchev–Trinajstić information content (AvgIpc) is 2.92. The monoisotopic (exact) mass is 427 g/mol. The van der Waals surface area contributed by atoms with Crippen molar-refractivity contribution >= 4 is 23.5 Å². The Kier molecular flexibility index (Phi) is 5.73. The number of piperazine rings is 1. The Bertz CT molecular complexity index is 908. The van der Waals surface area contributed by atoms with E-state index in [9.17, 15) is 19.2 Å². The molecule has 3 aliphatic heterocycles. The van der Waals surface area contributed by atoms with E-state index in [0.717, 1.165) is 0 Å². The summed E-state index contributed by atoms with van der Waals surface area (Å²) < 4.78 is 6.27. The van der Waals surface area contributed by atoms with Crippen LogP contribution in [0.25, 0.3) is 0 Å². The summed E-state index contributed by atoms with van der Waals surface area (Å²) >= 11 is 0. The number of rotatable bonds is 2. The first-order valence-electron chi connectivity index (χ1n) is 10.9. The van der Waals surface area contributed by atoms with E-state index >= 15 is 0 Å². The van der Waals surface area contributed by atoms with Crippen molar-refractivity contribution in [3.63, 3.8) is 0 Å². The average molecular weight is 428 g/mol. The molecule has 0 radical (unpaired) electrons. The van der Waals surface area contributed by atoms with Crippen molar-refractivity contribution in [3.8, 4) is 5.75 Å². The van der Waals surface area contributed by atoms with E-state index in [1.54, 1.807) is 33.8 Å². The fraction of sp³-hybridized carbons (Fsp3) is 0.565.